The van der Waals surface area contributed by atoms with Gasteiger partial charge in [0.05, 0.1) is 17.3 Å². The maximum Gasteiger partial charge on any atom is 0.416 e. The standard InChI is InChI=1S/C27H25F6N5O/c1-36-14-17(12-35-36)15-37-6-7-38(22(16-37)10-19-13-34-24-5-3-2-4-23(19)24)25(39)18-8-20(26(28,29)30)11-21(9-18)27(31,32)33/h2-5,8-9,11-14,22,34H,6-7,10,15-16H2,1H3/t22-/m1/s1. The molecule has 206 valence electrons. The number of piperazine rings is 1. The van der Waals surface area contributed by atoms with Crippen molar-refractivity contribution >= 4 is 16.8 Å². The molecule has 2 aromatic carbocycles. The fraction of sp³-hybridized carbons (Fsp3) is 0.333. The number of carbonyl (C=O) groups is 1. The Morgan fingerprint density at radius 1 is 1.03 bits per heavy atom. The van der Waals surface area contributed by atoms with E-state index in [9.17, 15) is 31.1 Å². The second-order valence-corrected chi connectivity index (χ2v) is 9.77. The minimum Gasteiger partial charge on any atom is -0.361 e. The van der Waals surface area contributed by atoms with Crippen LogP contribution >= 0.6 is 0 Å². The van der Waals surface area contributed by atoms with Crippen LogP contribution in [0.15, 0.2) is 61.1 Å². The molecule has 5 rings (SSSR count). The number of para-hydroxylation sites is 1. The van der Waals surface area contributed by atoms with E-state index in [0.29, 0.717) is 38.2 Å². The summed E-state index contributed by atoms with van der Waals surface area (Å²) in [5, 5.41) is 5.11. The summed E-state index contributed by atoms with van der Waals surface area (Å²) in [6.07, 6.45) is -4.30. The van der Waals surface area contributed by atoms with Gasteiger partial charge in [0.1, 0.15) is 0 Å². The average molecular weight is 550 g/mol. The van der Waals surface area contributed by atoms with Crippen LogP contribution < -0.4 is 0 Å². The number of H-pyrrole nitrogens is 1. The second-order valence-electron chi connectivity index (χ2n) is 9.77. The highest BCUT2D eigenvalue weighted by Gasteiger charge is 2.39. The molecule has 39 heavy (non-hydrogen) atoms. The molecule has 1 N–H and O–H groups in total. The maximum atomic E-state index is 13.6. The first kappa shape index (κ1) is 26.8. The summed E-state index contributed by atoms with van der Waals surface area (Å²) in [4.78, 5) is 20.3. The number of nitrogens with zero attached hydrogens (tertiary/aromatic N) is 4. The number of halogens is 6. The van der Waals surface area contributed by atoms with Gasteiger partial charge in [0.25, 0.3) is 5.91 Å². The number of aryl methyl sites for hydroxylation is 1. The third-order valence-corrected chi connectivity index (χ3v) is 6.96. The maximum absolute atomic E-state index is 13.6. The highest BCUT2D eigenvalue weighted by Crippen LogP contribution is 2.37. The average Bonchev–Trinajstić information content (AvgIpc) is 3.48. The van der Waals surface area contributed by atoms with E-state index in [4.69, 9.17) is 0 Å². The number of nitrogens with one attached hydrogen (secondary N) is 1. The molecule has 0 radical (unpaired) electrons. The summed E-state index contributed by atoms with van der Waals surface area (Å²) in [6.45, 7) is 1.47. The molecule has 1 saturated heterocycles. The quantitative estimate of drug-likeness (QED) is 0.334. The largest absolute Gasteiger partial charge is 0.416 e. The molecule has 12 heteroatoms. The number of hydrogen-bond acceptors (Lipinski definition) is 3. The number of aromatic nitrogens is 3. The number of amides is 1. The van der Waals surface area contributed by atoms with Crippen LogP contribution in [0.3, 0.4) is 0 Å². The predicted molar refractivity (Wildman–Crippen MR) is 132 cm³/mol. The number of fused-ring (bicyclic) bond motifs is 1. The molecule has 1 amide bonds. The fourth-order valence-electron chi connectivity index (χ4n) is 5.12. The lowest BCUT2D eigenvalue weighted by Gasteiger charge is -2.41. The monoisotopic (exact) mass is 549 g/mol. The first-order valence-corrected chi connectivity index (χ1v) is 12.2. The van der Waals surface area contributed by atoms with E-state index in [0.717, 1.165) is 22.0 Å². The Hall–Kier alpha value is -3.80. The summed E-state index contributed by atoms with van der Waals surface area (Å²) in [6, 6.07) is 8.12. The predicted octanol–water partition coefficient (Wildman–Crippen LogP) is 5.51. The van der Waals surface area contributed by atoms with Gasteiger partial charge in [-0.25, -0.2) is 0 Å². The van der Waals surface area contributed by atoms with E-state index >= 15 is 0 Å². The molecule has 0 unspecified atom stereocenters. The molecule has 1 fully saturated rings. The first-order valence-electron chi connectivity index (χ1n) is 12.2. The summed E-state index contributed by atoms with van der Waals surface area (Å²) in [5.74, 6) is -0.863. The van der Waals surface area contributed by atoms with Crippen molar-refractivity contribution in [1.82, 2.24) is 24.6 Å². The molecule has 0 bridgehead atoms. The molecule has 4 aromatic rings. The molecule has 1 atom stereocenters. The summed E-state index contributed by atoms with van der Waals surface area (Å²) in [7, 11) is 1.80. The number of alkyl halides is 6. The van der Waals surface area contributed by atoms with Crippen LogP contribution in [0.4, 0.5) is 26.3 Å². The zero-order valence-electron chi connectivity index (χ0n) is 20.9. The summed E-state index contributed by atoms with van der Waals surface area (Å²) in [5.41, 5.74) is -0.913. The lowest BCUT2D eigenvalue weighted by atomic mass is 9.98. The third kappa shape index (κ3) is 5.80. The van der Waals surface area contributed by atoms with Crippen molar-refractivity contribution in [2.75, 3.05) is 19.6 Å². The summed E-state index contributed by atoms with van der Waals surface area (Å²) < 4.78 is 82.5. The molecular formula is C27H25F6N5O. The Morgan fingerprint density at radius 2 is 1.72 bits per heavy atom. The minimum absolute atomic E-state index is 0.0338. The van der Waals surface area contributed by atoms with Gasteiger partial charge < -0.3 is 9.88 Å². The van der Waals surface area contributed by atoms with Gasteiger partial charge in [-0.1, -0.05) is 18.2 Å². The Balaban J connectivity index is 1.48. The van der Waals surface area contributed by atoms with Crippen molar-refractivity contribution in [3.05, 3.63) is 88.9 Å². The zero-order chi connectivity index (χ0) is 27.9. The van der Waals surface area contributed by atoms with E-state index < -0.39 is 41.0 Å². The van der Waals surface area contributed by atoms with Crippen molar-refractivity contribution in [2.45, 2.75) is 31.4 Å². The Labute approximate surface area is 219 Å². The van der Waals surface area contributed by atoms with Gasteiger partial charge in [0.15, 0.2) is 0 Å². The van der Waals surface area contributed by atoms with Crippen molar-refractivity contribution < 1.29 is 31.1 Å². The fourth-order valence-corrected chi connectivity index (χ4v) is 5.12. The van der Waals surface area contributed by atoms with E-state index in [1.807, 2.05) is 36.7 Å². The van der Waals surface area contributed by atoms with E-state index in [-0.39, 0.29) is 12.6 Å². The van der Waals surface area contributed by atoms with E-state index in [1.54, 1.807) is 17.9 Å². The molecule has 6 nitrogen and oxygen atoms in total. The van der Waals surface area contributed by atoms with Gasteiger partial charge in [-0.2, -0.15) is 31.4 Å². The van der Waals surface area contributed by atoms with Crippen LogP contribution in [0.2, 0.25) is 0 Å². The van der Waals surface area contributed by atoms with Crippen LogP contribution in [-0.2, 0) is 32.4 Å². The van der Waals surface area contributed by atoms with Gasteiger partial charge in [0.2, 0.25) is 0 Å². The number of carbonyl (C=O) groups excluding carboxylic acids is 1. The molecule has 0 aliphatic carbocycles. The highest BCUT2D eigenvalue weighted by atomic mass is 19.4. The number of benzene rings is 2. The van der Waals surface area contributed by atoms with Gasteiger partial charge >= 0.3 is 12.4 Å². The lowest BCUT2D eigenvalue weighted by molar-refractivity contribution is -0.143. The second kappa shape index (κ2) is 10.1. The van der Waals surface area contributed by atoms with E-state index in [1.165, 1.54) is 4.90 Å². The van der Waals surface area contributed by atoms with Crippen molar-refractivity contribution in [1.29, 1.82) is 0 Å². The van der Waals surface area contributed by atoms with Crippen LogP contribution in [-0.4, -0.2) is 56.1 Å². The van der Waals surface area contributed by atoms with Crippen molar-refractivity contribution in [2.24, 2.45) is 7.05 Å². The van der Waals surface area contributed by atoms with E-state index in [2.05, 4.69) is 15.0 Å². The van der Waals surface area contributed by atoms with Crippen molar-refractivity contribution in [3.8, 4) is 0 Å². The highest BCUT2D eigenvalue weighted by molar-refractivity contribution is 5.95. The minimum atomic E-state index is -5.04. The van der Waals surface area contributed by atoms with Crippen LogP contribution in [0.25, 0.3) is 10.9 Å². The van der Waals surface area contributed by atoms with Crippen LogP contribution in [0.5, 0.6) is 0 Å². The normalized spacial score (nSPS) is 17.2. The smallest absolute Gasteiger partial charge is 0.361 e. The molecule has 0 saturated carbocycles. The van der Waals surface area contributed by atoms with Crippen LogP contribution in [0, 0.1) is 0 Å². The van der Waals surface area contributed by atoms with Gasteiger partial charge in [-0.05, 0) is 36.2 Å². The number of aromatic amines is 1. The lowest BCUT2D eigenvalue weighted by Crippen LogP contribution is -2.55. The molecule has 2 aromatic heterocycles. The zero-order valence-corrected chi connectivity index (χ0v) is 20.9. The Kier molecular flexibility index (Phi) is 6.91. The van der Waals surface area contributed by atoms with Crippen LogP contribution in [0.1, 0.15) is 32.6 Å². The first-order chi connectivity index (χ1) is 18.4. The van der Waals surface area contributed by atoms with Gasteiger partial charge in [-0.3, -0.25) is 14.4 Å². The molecular weight excluding hydrogens is 524 g/mol. The third-order valence-electron chi connectivity index (χ3n) is 6.96. The topological polar surface area (TPSA) is 57.2 Å². The summed E-state index contributed by atoms with van der Waals surface area (Å²) >= 11 is 0. The number of rotatable bonds is 5. The molecule has 1 aliphatic heterocycles. The Bertz CT molecular complexity index is 1460. The van der Waals surface area contributed by atoms with Gasteiger partial charge in [-0.15, -0.1) is 0 Å². The van der Waals surface area contributed by atoms with Crippen molar-refractivity contribution in [3.63, 3.8) is 0 Å². The molecule has 3 heterocycles. The van der Waals surface area contributed by atoms with Gasteiger partial charge in [0, 0.05) is 73.7 Å². The number of hydrogen-bond donors (Lipinski definition) is 1. The molecule has 0 spiro atoms. The molecule has 1 aliphatic rings. The SMILES string of the molecule is Cn1cc(CN2CCN(C(=O)c3cc(C(F)(F)F)cc(C(F)(F)F)c3)[C@H](Cc3c[nH]c4ccccc34)C2)cn1. The Morgan fingerprint density at radius 3 is 2.36 bits per heavy atom.